The first-order valence-electron chi connectivity index (χ1n) is 7.09. The summed E-state index contributed by atoms with van der Waals surface area (Å²) in [6.45, 7) is 1.65. The molecule has 118 valence electrons. The fraction of sp³-hybridized carbons (Fsp3) is 0.111. The van der Waals surface area contributed by atoms with Gasteiger partial charge < -0.3 is 4.74 Å². The molecule has 5 heteroatoms. The van der Waals surface area contributed by atoms with E-state index in [0.29, 0.717) is 16.5 Å². The van der Waals surface area contributed by atoms with Gasteiger partial charge in [-0.1, -0.05) is 60.1 Å². The summed E-state index contributed by atoms with van der Waals surface area (Å²) in [5.41, 5.74) is 4.18. The van der Waals surface area contributed by atoms with Crippen LogP contribution in [0.2, 0.25) is 5.02 Å². The molecule has 0 aliphatic carbocycles. The summed E-state index contributed by atoms with van der Waals surface area (Å²) in [5, 5.41) is 4.45. The molecule has 0 fully saturated rings. The van der Waals surface area contributed by atoms with E-state index in [2.05, 4.69) is 10.5 Å². The lowest BCUT2D eigenvalue weighted by atomic mass is 10.2. The third-order valence-corrected chi connectivity index (χ3v) is 3.18. The molecule has 0 unspecified atom stereocenters. The van der Waals surface area contributed by atoms with Gasteiger partial charge in [0.25, 0.3) is 5.91 Å². The molecule has 4 nitrogen and oxygen atoms in total. The lowest BCUT2D eigenvalue weighted by Crippen LogP contribution is -2.25. The van der Waals surface area contributed by atoms with Crippen LogP contribution in [0.25, 0.3) is 6.08 Å². The van der Waals surface area contributed by atoms with E-state index >= 15 is 0 Å². The number of carbonyl (C=O) groups is 1. The minimum atomic E-state index is -0.350. The molecule has 2 rings (SSSR count). The zero-order valence-corrected chi connectivity index (χ0v) is 13.5. The summed E-state index contributed by atoms with van der Waals surface area (Å²) in [6.07, 6.45) is 3.75. The lowest BCUT2D eigenvalue weighted by molar-refractivity contribution is -0.123. The largest absolute Gasteiger partial charge is 0.482 e. The van der Waals surface area contributed by atoms with Crippen LogP contribution >= 0.6 is 11.6 Å². The van der Waals surface area contributed by atoms with E-state index in [0.717, 1.165) is 5.56 Å². The van der Waals surface area contributed by atoms with E-state index in [1.165, 1.54) is 0 Å². The molecule has 1 N–H and O–H groups in total. The van der Waals surface area contributed by atoms with Crippen molar-refractivity contribution in [3.63, 3.8) is 0 Å². The highest BCUT2D eigenvalue weighted by molar-refractivity contribution is 6.32. The van der Waals surface area contributed by atoms with Gasteiger partial charge in [0.1, 0.15) is 5.75 Å². The van der Waals surface area contributed by atoms with Crippen molar-refractivity contribution >= 4 is 29.3 Å². The van der Waals surface area contributed by atoms with E-state index in [4.69, 9.17) is 16.3 Å². The van der Waals surface area contributed by atoms with Crippen molar-refractivity contribution in [2.75, 3.05) is 6.61 Å². The number of hydrogen-bond acceptors (Lipinski definition) is 3. The van der Waals surface area contributed by atoms with Crippen LogP contribution in [-0.4, -0.2) is 18.2 Å². The van der Waals surface area contributed by atoms with Crippen LogP contribution in [0.15, 0.2) is 65.8 Å². The van der Waals surface area contributed by atoms with Gasteiger partial charge in [0.2, 0.25) is 0 Å². The number of nitrogens with one attached hydrogen (secondary N) is 1. The Labute approximate surface area is 140 Å². The first-order chi connectivity index (χ1) is 11.1. The predicted molar refractivity (Wildman–Crippen MR) is 93.7 cm³/mol. The number of amides is 1. The van der Waals surface area contributed by atoms with Gasteiger partial charge in [0.05, 0.1) is 10.7 Å². The van der Waals surface area contributed by atoms with Gasteiger partial charge in [-0.2, -0.15) is 5.10 Å². The van der Waals surface area contributed by atoms with E-state index in [9.17, 15) is 4.79 Å². The van der Waals surface area contributed by atoms with Gasteiger partial charge in [0.15, 0.2) is 6.61 Å². The third kappa shape index (κ3) is 5.96. The molecular weight excluding hydrogens is 312 g/mol. The molecule has 0 heterocycles. The Balaban J connectivity index is 1.81. The normalized spacial score (nSPS) is 11.5. The smallest absolute Gasteiger partial charge is 0.277 e. The number of halogens is 1. The summed E-state index contributed by atoms with van der Waals surface area (Å²) in [5.74, 6) is 0.117. The molecule has 0 aliphatic heterocycles. The van der Waals surface area contributed by atoms with E-state index in [1.807, 2.05) is 42.5 Å². The Kier molecular flexibility index (Phi) is 6.39. The van der Waals surface area contributed by atoms with Crippen LogP contribution < -0.4 is 10.2 Å². The van der Waals surface area contributed by atoms with E-state index < -0.39 is 0 Å². The molecule has 23 heavy (non-hydrogen) atoms. The Morgan fingerprint density at radius 1 is 1.17 bits per heavy atom. The van der Waals surface area contributed by atoms with Gasteiger partial charge in [-0.25, -0.2) is 5.43 Å². The zero-order chi connectivity index (χ0) is 16.5. The number of para-hydroxylation sites is 1. The molecule has 2 aromatic rings. The predicted octanol–water partition coefficient (Wildman–Crippen LogP) is 3.92. The number of ether oxygens (including phenoxy) is 1. The van der Waals surface area contributed by atoms with E-state index in [-0.39, 0.29) is 12.5 Å². The monoisotopic (exact) mass is 328 g/mol. The number of nitrogens with zero attached hydrogens (tertiary/aromatic N) is 1. The molecule has 0 aliphatic rings. The first-order valence-corrected chi connectivity index (χ1v) is 7.46. The molecule has 0 spiro atoms. The second-order valence-electron chi connectivity index (χ2n) is 4.75. The fourth-order valence-electron chi connectivity index (χ4n) is 1.71. The number of benzene rings is 2. The Morgan fingerprint density at radius 2 is 1.87 bits per heavy atom. The molecule has 1 amide bonds. The fourth-order valence-corrected chi connectivity index (χ4v) is 1.90. The molecule has 0 saturated heterocycles. The lowest BCUT2D eigenvalue weighted by Gasteiger charge is -2.06. The second kappa shape index (κ2) is 8.76. The Bertz CT molecular complexity index is 712. The molecular formula is C18H17ClN2O2. The quantitative estimate of drug-likeness (QED) is 0.645. The van der Waals surface area contributed by atoms with E-state index in [1.54, 1.807) is 31.2 Å². The zero-order valence-electron chi connectivity index (χ0n) is 12.7. The highest BCUT2D eigenvalue weighted by Gasteiger charge is 2.04. The van der Waals surface area contributed by atoms with Gasteiger partial charge in [-0.05, 0) is 30.7 Å². The number of rotatable bonds is 6. The van der Waals surface area contributed by atoms with Crippen molar-refractivity contribution in [1.29, 1.82) is 0 Å². The van der Waals surface area contributed by atoms with Crippen LogP contribution in [0.1, 0.15) is 12.5 Å². The molecule has 0 bridgehead atoms. The van der Waals surface area contributed by atoms with Crippen molar-refractivity contribution in [3.05, 3.63) is 71.3 Å². The first kappa shape index (κ1) is 16.8. The van der Waals surface area contributed by atoms with Crippen LogP contribution in [0.5, 0.6) is 5.75 Å². The maximum Gasteiger partial charge on any atom is 0.277 e. The van der Waals surface area contributed by atoms with Gasteiger partial charge in [-0.15, -0.1) is 0 Å². The molecule has 2 aromatic carbocycles. The van der Waals surface area contributed by atoms with Crippen LogP contribution in [0.4, 0.5) is 0 Å². The van der Waals surface area contributed by atoms with Crippen molar-refractivity contribution in [1.82, 2.24) is 5.43 Å². The SMILES string of the molecule is CC(/C=C/c1ccccc1)=N\NC(=O)COc1ccccc1Cl. The molecule has 0 atom stereocenters. The van der Waals surface area contributed by atoms with Crippen molar-refractivity contribution in [2.24, 2.45) is 5.10 Å². The van der Waals surface area contributed by atoms with Crippen molar-refractivity contribution in [3.8, 4) is 5.75 Å². The molecule has 0 saturated carbocycles. The Morgan fingerprint density at radius 3 is 2.61 bits per heavy atom. The van der Waals surface area contributed by atoms with Gasteiger partial charge in [-0.3, -0.25) is 4.79 Å². The van der Waals surface area contributed by atoms with Crippen molar-refractivity contribution < 1.29 is 9.53 Å². The summed E-state index contributed by atoms with van der Waals surface area (Å²) >= 11 is 5.94. The second-order valence-corrected chi connectivity index (χ2v) is 5.16. The average molecular weight is 329 g/mol. The maximum absolute atomic E-state index is 11.7. The summed E-state index contributed by atoms with van der Waals surface area (Å²) in [6, 6.07) is 16.8. The topological polar surface area (TPSA) is 50.7 Å². The minimum Gasteiger partial charge on any atom is -0.482 e. The van der Waals surface area contributed by atoms with Crippen LogP contribution in [0.3, 0.4) is 0 Å². The van der Waals surface area contributed by atoms with Gasteiger partial charge in [0, 0.05) is 0 Å². The number of hydrazone groups is 1. The highest BCUT2D eigenvalue weighted by atomic mass is 35.5. The summed E-state index contributed by atoms with van der Waals surface area (Å²) in [4.78, 5) is 11.7. The third-order valence-electron chi connectivity index (χ3n) is 2.87. The molecule has 0 aromatic heterocycles. The van der Waals surface area contributed by atoms with Crippen LogP contribution in [0, 0.1) is 0 Å². The number of hydrogen-bond donors (Lipinski definition) is 1. The van der Waals surface area contributed by atoms with Crippen LogP contribution in [-0.2, 0) is 4.79 Å². The summed E-state index contributed by atoms with van der Waals surface area (Å²) in [7, 11) is 0. The number of allylic oxidation sites excluding steroid dienone is 1. The minimum absolute atomic E-state index is 0.150. The summed E-state index contributed by atoms with van der Waals surface area (Å²) < 4.78 is 5.33. The maximum atomic E-state index is 11.7. The average Bonchev–Trinajstić information content (AvgIpc) is 2.58. The van der Waals surface area contributed by atoms with Crippen molar-refractivity contribution in [2.45, 2.75) is 6.92 Å². The highest BCUT2D eigenvalue weighted by Crippen LogP contribution is 2.22. The van der Waals surface area contributed by atoms with Gasteiger partial charge >= 0.3 is 0 Å². The number of carbonyl (C=O) groups excluding carboxylic acids is 1. The standard InChI is InChI=1S/C18H17ClN2O2/c1-14(11-12-15-7-3-2-4-8-15)20-21-18(22)13-23-17-10-6-5-9-16(17)19/h2-12H,13H2,1H3,(H,21,22)/b12-11+,20-14+. The Hall–Kier alpha value is -2.59. The molecule has 0 radical (unpaired) electrons.